The third-order valence-electron chi connectivity index (χ3n) is 3.48. The summed E-state index contributed by atoms with van der Waals surface area (Å²) in [6, 6.07) is 13.8. The van der Waals surface area contributed by atoms with Crippen molar-refractivity contribution in [3.05, 3.63) is 54.1 Å². The molecule has 0 fully saturated rings. The lowest BCUT2D eigenvalue weighted by Crippen LogP contribution is -2.33. The zero-order chi connectivity index (χ0) is 17.7. The molecule has 0 aromatic heterocycles. The van der Waals surface area contributed by atoms with E-state index in [-0.39, 0.29) is 12.3 Å². The fourth-order valence-corrected chi connectivity index (χ4v) is 3.43. The van der Waals surface area contributed by atoms with Crippen LogP contribution in [-0.4, -0.2) is 34.1 Å². The van der Waals surface area contributed by atoms with Crippen LogP contribution in [0.1, 0.15) is 5.56 Å². The molecule has 0 bridgehead atoms. The molecule has 0 aliphatic carbocycles. The Hall–Kier alpha value is -2.58. The first-order valence-electron chi connectivity index (χ1n) is 7.73. The molecule has 1 aliphatic rings. The number of hydrogen-bond donors (Lipinski definition) is 2. The average Bonchev–Trinajstić information content (AvgIpc) is 2.60. The van der Waals surface area contributed by atoms with E-state index in [1.165, 1.54) is 0 Å². The fraction of sp³-hybridized carbons (Fsp3) is 0.235. The van der Waals surface area contributed by atoms with Crippen LogP contribution in [0.25, 0.3) is 0 Å². The van der Waals surface area contributed by atoms with E-state index in [1.54, 1.807) is 42.5 Å². The van der Waals surface area contributed by atoms with Crippen molar-refractivity contribution in [3.8, 4) is 11.5 Å². The number of nitrogens with one attached hydrogen (secondary N) is 2. The van der Waals surface area contributed by atoms with Gasteiger partial charge in [-0.2, -0.15) is 0 Å². The number of carbonyl (C=O) groups is 1. The third kappa shape index (κ3) is 4.94. The van der Waals surface area contributed by atoms with E-state index in [0.29, 0.717) is 36.0 Å². The van der Waals surface area contributed by atoms with Crippen molar-refractivity contribution in [3.63, 3.8) is 0 Å². The van der Waals surface area contributed by atoms with E-state index in [2.05, 4.69) is 10.0 Å². The number of ether oxygens (including phenoxy) is 2. The van der Waals surface area contributed by atoms with Crippen LogP contribution >= 0.6 is 0 Å². The molecule has 0 unspecified atom stereocenters. The number of carbonyl (C=O) groups excluding carboxylic acids is 1. The topological polar surface area (TPSA) is 93.7 Å². The molecule has 1 heterocycles. The van der Waals surface area contributed by atoms with Crippen LogP contribution in [0.15, 0.2) is 48.5 Å². The molecule has 0 atom stereocenters. The normalized spacial score (nSPS) is 13.3. The van der Waals surface area contributed by atoms with Crippen LogP contribution in [0, 0.1) is 0 Å². The second kappa shape index (κ2) is 7.54. The molecule has 8 heteroatoms. The van der Waals surface area contributed by atoms with Crippen molar-refractivity contribution in [1.82, 2.24) is 4.72 Å². The van der Waals surface area contributed by atoms with Gasteiger partial charge in [-0.15, -0.1) is 0 Å². The molecule has 0 saturated carbocycles. The van der Waals surface area contributed by atoms with E-state index in [4.69, 9.17) is 9.47 Å². The van der Waals surface area contributed by atoms with Crippen molar-refractivity contribution in [2.45, 2.75) is 5.75 Å². The Labute approximate surface area is 146 Å². The number of amides is 1. The molecular weight excluding hydrogens is 344 g/mol. The molecule has 0 radical (unpaired) electrons. The Balaban J connectivity index is 1.54. The van der Waals surface area contributed by atoms with Crippen molar-refractivity contribution in [1.29, 1.82) is 0 Å². The highest BCUT2D eigenvalue weighted by atomic mass is 32.2. The Kier molecular flexibility index (Phi) is 5.20. The van der Waals surface area contributed by atoms with Crippen LogP contribution in [0.5, 0.6) is 11.5 Å². The number of anilines is 1. The molecule has 132 valence electrons. The first-order valence-corrected chi connectivity index (χ1v) is 9.38. The summed E-state index contributed by atoms with van der Waals surface area (Å²) in [4.78, 5) is 12.0. The monoisotopic (exact) mass is 362 g/mol. The summed E-state index contributed by atoms with van der Waals surface area (Å²) in [5.74, 6) is 0.528. The number of benzene rings is 2. The standard InChI is InChI=1S/C17H18N2O5S/c20-17(11-18-25(21,22)12-13-4-2-1-3-5-13)19-14-6-7-15-16(10-14)24-9-8-23-15/h1-7,10,18H,8-9,11-12H2,(H,19,20). The highest BCUT2D eigenvalue weighted by Gasteiger charge is 2.15. The van der Waals surface area contributed by atoms with Gasteiger partial charge in [0.2, 0.25) is 15.9 Å². The van der Waals surface area contributed by atoms with Gasteiger partial charge in [0.1, 0.15) is 13.2 Å². The SMILES string of the molecule is O=C(CNS(=O)(=O)Cc1ccccc1)Nc1ccc2c(c1)OCCO2. The molecule has 1 aliphatic heterocycles. The number of hydrogen-bond acceptors (Lipinski definition) is 5. The van der Waals surface area contributed by atoms with E-state index >= 15 is 0 Å². The first kappa shape index (κ1) is 17.2. The average molecular weight is 362 g/mol. The maximum Gasteiger partial charge on any atom is 0.239 e. The van der Waals surface area contributed by atoms with Crippen LogP contribution in [0.2, 0.25) is 0 Å². The van der Waals surface area contributed by atoms with E-state index < -0.39 is 15.9 Å². The van der Waals surface area contributed by atoms with E-state index in [9.17, 15) is 13.2 Å². The minimum absolute atomic E-state index is 0.175. The molecule has 2 aromatic carbocycles. The predicted octanol–water partition coefficient (Wildman–Crippen LogP) is 1.52. The molecule has 3 rings (SSSR count). The number of rotatable bonds is 6. The fourth-order valence-electron chi connectivity index (χ4n) is 2.35. The second-order valence-electron chi connectivity index (χ2n) is 5.47. The first-order chi connectivity index (χ1) is 12.0. The van der Waals surface area contributed by atoms with Crippen LogP contribution < -0.4 is 19.5 Å². The summed E-state index contributed by atoms with van der Waals surface area (Å²) in [6.45, 7) is 0.592. The second-order valence-corrected chi connectivity index (χ2v) is 7.28. The van der Waals surface area contributed by atoms with Crippen molar-refractivity contribution in [2.24, 2.45) is 0 Å². The summed E-state index contributed by atoms with van der Waals surface area (Å²) in [6.07, 6.45) is 0. The van der Waals surface area contributed by atoms with Gasteiger partial charge in [0, 0.05) is 11.8 Å². The Bertz CT molecular complexity index is 853. The summed E-state index contributed by atoms with van der Waals surface area (Å²) in [5.41, 5.74) is 1.17. The molecule has 25 heavy (non-hydrogen) atoms. The van der Waals surface area contributed by atoms with Gasteiger partial charge in [-0.25, -0.2) is 13.1 Å². The lowest BCUT2D eigenvalue weighted by atomic mass is 10.2. The van der Waals surface area contributed by atoms with Gasteiger partial charge < -0.3 is 14.8 Å². The Morgan fingerprint density at radius 2 is 1.72 bits per heavy atom. The lowest BCUT2D eigenvalue weighted by Gasteiger charge is -2.19. The van der Waals surface area contributed by atoms with Gasteiger partial charge in [-0.05, 0) is 17.7 Å². The molecule has 2 aromatic rings. The van der Waals surface area contributed by atoms with Gasteiger partial charge >= 0.3 is 0 Å². The van der Waals surface area contributed by atoms with Gasteiger partial charge in [0.25, 0.3) is 0 Å². The molecular formula is C17H18N2O5S. The minimum atomic E-state index is -3.59. The predicted molar refractivity (Wildman–Crippen MR) is 93.1 cm³/mol. The summed E-state index contributed by atoms with van der Waals surface area (Å²) < 4.78 is 37.2. The van der Waals surface area contributed by atoms with Crippen molar-refractivity contribution >= 4 is 21.6 Å². The zero-order valence-corrected chi connectivity index (χ0v) is 14.2. The van der Waals surface area contributed by atoms with Crippen molar-refractivity contribution in [2.75, 3.05) is 25.1 Å². The smallest absolute Gasteiger partial charge is 0.239 e. The molecule has 0 spiro atoms. The van der Waals surface area contributed by atoms with Crippen molar-refractivity contribution < 1.29 is 22.7 Å². The lowest BCUT2D eigenvalue weighted by molar-refractivity contribution is -0.115. The van der Waals surface area contributed by atoms with Gasteiger partial charge in [-0.1, -0.05) is 30.3 Å². The highest BCUT2D eigenvalue weighted by molar-refractivity contribution is 7.88. The van der Waals surface area contributed by atoms with Crippen LogP contribution in [0.4, 0.5) is 5.69 Å². The van der Waals surface area contributed by atoms with Gasteiger partial charge in [0.05, 0.1) is 12.3 Å². The third-order valence-corrected chi connectivity index (χ3v) is 4.78. The summed E-state index contributed by atoms with van der Waals surface area (Å²) >= 11 is 0. The maximum atomic E-state index is 12.0. The zero-order valence-electron chi connectivity index (χ0n) is 13.4. The van der Waals surface area contributed by atoms with E-state index in [0.717, 1.165) is 0 Å². The van der Waals surface area contributed by atoms with Crippen LogP contribution in [0.3, 0.4) is 0 Å². The summed E-state index contributed by atoms with van der Waals surface area (Å²) in [5, 5.41) is 2.63. The number of fused-ring (bicyclic) bond motifs is 1. The van der Waals surface area contributed by atoms with Crippen LogP contribution in [-0.2, 0) is 20.6 Å². The van der Waals surface area contributed by atoms with E-state index in [1.807, 2.05) is 6.07 Å². The van der Waals surface area contributed by atoms with Gasteiger partial charge in [0.15, 0.2) is 11.5 Å². The van der Waals surface area contributed by atoms with Gasteiger partial charge in [-0.3, -0.25) is 4.79 Å². The highest BCUT2D eigenvalue weighted by Crippen LogP contribution is 2.32. The largest absolute Gasteiger partial charge is 0.486 e. The Morgan fingerprint density at radius 3 is 2.48 bits per heavy atom. The summed E-state index contributed by atoms with van der Waals surface area (Å²) in [7, 11) is -3.59. The maximum absolute atomic E-state index is 12.0. The molecule has 1 amide bonds. The Morgan fingerprint density at radius 1 is 1.00 bits per heavy atom. The molecule has 2 N–H and O–H groups in total. The molecule has 0 saturated heterocycles. The quantitative estimate of drug-likeness (QED) is 0.813. The molecule has 7 nitrogen and oxygen atoms in total. The minimum Gasteiger partial charge on any atom is -0.486 e. The number of sulfonamides is 1.